The molecule has 5 aliphatic rings. The van der Waals surface area contributed by atoms with E-state index >= 15 is 0 Å². The van der Waals surface area contributed by atoms with E-state index in [4.69, 9.17) is 9.47 Å². The smallest absolute Gasteiger partial charge is 0.320 e. The van der Waals surface area contributed by atoms with Gasteiger partial charge >= 0.3 is 5.97 Å². The highest BCUT2D eigenvalue weighted by molar-refractivity contribution is 6.15. The van der Waals surface area contributed by atoms with Gasteiger partial charge < -0.3 is 19.7 Å². The summed E-state index contributed by atoms with van der Waals surface area (Å²) in [7, 11) is 0. The first-order chi connectivity index (χ1) is 12.2. The summed E-state index contributed by atoms with van der Waals surface area (Å²) in [6, 6.07) is 0. The van der Waals surface area contributed by atoms with Gasteiger partial charge in [0.25, 0.3) is 0 Å². The summed E-state index contributed by atoms with van der Waals surface area (Å²) < 4.78 is 11.6. The van der Waals surface area contributed by atoms with E-state index in [9.17, 15) is 19.8 Å². The number of esters is 1. The van der Waals surface area contributed by atoms with Gasteiger partial charge in [0.05, 0.1) is 12.7 Å². The summed E-state index contributed by atoms with van der Waals surface area (Å²) in [6.07, 6.45) is 0.0482. The molecule has 8 atom stereocenters. The number of hydrogen-bond acceptors (Lipinski definition) is 6. The van der Waals surface area contributed by atoms with Crippen molar-refractivity contribution in [1.29, 1.82) is 0 Å². The zero-order valence-corrected chi connectivity index (χ0v) is 15.2. The third-order valence-electron chi connectivity index (χ3n) is 8.48. The summed E-state index contributed by atoms with van der Waals surface area (Å²) in [5, 5.41) is 21.4. The molecular formula is C20H26O6. The van der Waals surface area contributed by atoms with E-state index in [1.807, 2.05) is 13.8 Å². The Labute approximate surface area is 152 Å². The lowest BCUT2D eigenvalue weighted by Crippen LogP contribution is -2.70. The molecule has 2 spiro atoms. The van der Waals surface area contributed by atoms with Crippen molar-refractivity contribution >= 4 is 11.8 Å². The molecule has 26 heavy (non-hydrogen) atoms. The minimum atomic E-state index is -1.18. The topological polar surface area (TPSA) is 93.1 Å². The first-order valence-corrected chi connectivity index (χ1v) is 9.59. The van der Waals surface area contributed by atoms with Crippen LogP contribution in [-0.4, -0.2) is 47.1 Å². The van der Waals surface area contributed by atoms with Gasteiger partial charge in [-0.2, -0.15) is 0 Å². The molecule has 0 radical (unpaired) electrons. The lowest BCUT2D eigenvalue weighted by atomic mass is 9.43. The van der Waals surface area contributed by atoms with Gasteiger partial charge in [0.2, 0.25) is 0 Å². The van der Waals surface area contributed by atoms with Crippen molar-refractivity contribution in [2.75, 3.05) is 6.61 Å². The number of allylic oxidation sites excluding steroid dienone is 1. The Morgan fingerprint density at radius 2 is 1.92 bits per heavy atom. The molecule has 0 aromatic carbocycles. The fourth-order valence-electron chi connectivity index (χ4n) is 7.21. The fourth-order valence-corrected chi connectivity index (χ4v) is 7.21. The predicted molar refractivity (Wildman–Crippen MR) is 89.6 cm³/mol. The molecule has 6 heteroatoms. The number of aliphatic hydroxyl groups excluding tert-OH is 2. The lowest BCUT2D eigenvalue weighted by Gasteiger charge is -2.62. The van der Waals surface area contributed by atoms with Crippen LogP contribution in [0.15, 0.2) is 12.2 Å². The second kappa shape index (κ2) is 4.78. The van der Waals surface area contributed by atoms with Gasteiger partial charge in [-0.3, -0.25) is 9.59 Å². The normalized spacial score (nSPS) is 54.4. The quantitative estimate of drug-likeness (QED) is 0.382. The van der Waals surface area contributed by atoms with Crippen molar-refractivity contribution in [1.82, 2.24) is 0 Å². The van der Waals surface area contributed by atoms with E-state index in [-0.39, 0.29) is 24.2 Å². The van der Waals surface area contributed by atoms with Crippen molar-refractivity contribution in [3.8, 4) is 0 Å². The number of Topliss-reactive ketones (excluding diaryl/α,β-unsaturated/α-hetero) is 1. The van der Waals surface area contributed by atoms with Crippen LogP contribution in [0.1, 0.15) is 39.5 Å². The predicted octanol–water partition coefficient (Wildman–Crippen LogP) is 1.20. The van der Waals surface area contributed by atoms with Gasteiger partial charge in [-0.1, -0.05) is 20.4 Å². The van der Waals surface area contributed by atoms with Crippen LogP contribution < -0.4 is 0 Å². The van der Waals surface area contributed by atoms with Crippen LogP contribution >= 0.6 is 0 Å². The number of rotatable bonds is 0. The largest absolute Gasteiger partial charge is 0.461 e. The summed E-state index contributed by atoms with van der Waals surface area (Å²) in [5.41, 5.74) is -1.88. The van der Waals surface area contributed by atoms with Gasteiger partial charge in [0, 0.05) is 17.8 Å². The highest BCUT2D eigenvalue weighted by atomic mass is 16.6. The van der Waals surface area contributed by atoms with Gasteiger partial charge in [0.1, 0.15) is 11.5 Å². The Bertz CT molecular complexity index is 728. The third kappa shape index (κ3) is 1.57. The van der Waals surface area contributed by atoms with E-state index in [2.05, 4.69) is 6.58 Å². The summed E-state index contributed by atoms with van der Waals surface area (Å²) in [4.78, 5) is 26.3. The minimum absolute atomic E-state index is 0.0483. The van der Waals surface area contributed by atoms with Gasteiger partial charge in [-0.25, -0.2) is 0 Å². The Morgan fingerprint density at radius 3 is 2.65 bits per heavy atom. The van der Waals surface area contributed by atoms with Crippen LogP contribution in [0.4, 0.5) is 0 Å². The van der Waals surface area contributed by atoms with E-state index in [0.29, 0.717) is 18.4 Å². The van der Waals surface area contributed by atoms with E-state index in [1.54, 1.807) is 0 Å². The molecule has 3 saturated carbocycles. The second-order valence-electron chi connectivity index (χ2n) is 9.62. The summed E-state index contributed by atoms with van der Waals surface area (Å²) >= 11 is 0. The van der Waals surface area contributed by atoms with Crippen molar-refractivity contribution in [3.05, 3.63) is 12.2 Å². The molecule has 6 nitrogen and oxygen atoms in total. The van der Waals surface area contributed by atoms with E-state index in [1.165, 1.54) is 0 Å². The maximum atomic E-state index is 13.2. The van der Waals surface area contributed by atoms with Crippen LogP contribution in [0.2, 0.25) is 0 Å². The zero-order chi connectivity index (χ0) is 18.6. The minimum Gasteiger partial charge on any atom is -0.461 e. The van der Waals surface area contributed by atoms with Crippen LogP contribution in [0.3, 0.4) is 0 Å². The second-order valence-corrected chi connectivity index (χ2v) is 9.62. The number of aliphatic hydroxyl groups is 2. The number of carbonyl (C=O) groups excluding carboxylic acids is 2. The van der Waals surface area contributed by atoms with Crippen LogP contribution in [0.5, 0.6) is 0 Å². The molecule has 3 aliphatic carbocycles. The third-order valence-corrected chi connectivity index (χ3v) is 8.48. The standard InChI is InChI=1S/C20H26O6/c1-9-10-4-5-11-19(7-10,15(9)22)17(24)26-13-6-12(21)18(2,3)14-16(23)25-8-20(11,13)14/h10-14,16,21,23H,1,4-8H2,2-3H3/t10-,11-,12+,13+,14-,16+,19+,20-/m1/s1. The molecule has 142 valence electrons. The average Bonchev–Trinajstić information content (AvgIpc) is 3.03. The lowest BCUT2D eigenvalue weighted by molar-refractivity contribution is -0.253. The van der Waals surface area contributed by atoms with Gasteiger partial charge in [0.15, 0.2) is 12.1 Å². The SMILES string of the molecule is C=C1C(=O)[C@]23C[C@H]1CC[C@H]2[C@@]12CO[C@H](O)[C@@H]1C(C)(C)[C@@H](O)C[C@@H]2OC3=O. The van der Waals surface area contributed by atoms with Gasteiger partial charge in [-0.05, 0) is 42.1 Å². The zero-order valence-electron chi connectivity index (χ0n) is 15.2. The van der Waals surface area contributed by atoms with Gasteiger partial charge in [-0.15, -0.1) is 0 Å². The van der Waals surface area contributed by atoms with Crippen LogP contribution in [0.25, 0.3) is 0 Å². The molecule has 2 N–H and O–H groups in total. The number of ether oxygens (including phenoxy) is 2. The fraction of sp³-hybridized carbons (Fsp3) is 0.800. The summed E-state index contributed by atoms with van der Waals surface area (Å²) in [5.74, 6) is -1.22. The van der Waals surface area contributed by atoms with Crippen molar-refractivity contribution in [3.63, 3.8) is 0 Å². The average molecular weight is 362 g/mol. The number of ketones is 1. The number of hydrogen-bond donors (Lipinski definition) is 2. The molecule has 0 unspecified atom stereocenters. The van der Waals surface area contributed by atoms with E-state index in [0.717, 1.165) is 12.8 Å². The molecule has 5 rings (SSSR count). The summed E-state index contributed by atoms with van der Waals surface area (Å²) in [6.45, 7) is 8.08. The molecule has 2 saturated heterocycles. The molecule has 0 amide bonds. The first kappa shape index (κ1) is 16.9. The Kier molecular flexibility index (Phi) is 3.10. The Balaban J connectivity index is 1.72. The van der Waals surface area contributed by atoms with Crippen molar-refractivity contribution < 1.29 is 29.3 Å². The number of fused-ring (bicyclic) bond motifs is 1. The molecule has 2 bridgehead atoms. The van der Waals surface area contributed by atoms with Crippen molar-refractivity contribution in [2.45, 2.75) is 58.0 Å². The highest BCUT2D eigenvalue weighted by Crippen LogP contribution is 2.71. The Morgan fingerprint density at radius 1 is 1.19 bits per heavy atom. The monoisotopic (exact) mass is 362 g/mol. The van der Waals surface area contributed by atoms with E-state index < -0.39 is 46.6 Å². The highest BCUT2D eigenvalue weighted by Gasteiger charge is 2.78. The number of carbonyl (C=O) groups is 2. The molecule has 5 fully saturated rings. The molecular weight excluding hydrogens is 336 g/mol. The van der Waals surface area contributed by atoms with Crippen LogP contribution in [-0.2, 0) is 19.1 Å². The van der Waals surface area contributed by atoms with Crippen LogP contribution in [0, 0.1) is 34.0 Å². The molecule has 2 aliphatic heterocycles. The maximum Gasteiger partial charge on any atom is 0.320 e. The first-order valence-electron chi connectivity index (χ1n) is 9.59. The molecule has 2 heterocycles. The van der Waals surface area contributed by atoms with Crippen molar-refractivity contribution in [2.24, 2.45) is 34.0 Å². The Hall–Kier alpha value is -1.24. The maximum absolute atomic E-state index is 13.2. The molecule has 0 aromatic heterocycles. The molecule has 0 aromatic rings.